The van der Waals surface area contributed by atoms with E-state index in [9.17, 15) is 0 Å². The summed E-state index contributed by atoms with van der Waals surface area (Å²) in [7, 11) is 0. The van der Waals surface area contributed by atoms with E-state index in [1.54, 1.807) is 0 Å². The van der Waals surface area contributed by atoms with E-state index in [-0.39, 0.29) is 6.61 Å². The molecule has 0 aromatic heterocycles. The number of carbonyl (C=O) groups is 1. The maximum atomic E-state index is 9.04. The molecule has 0 fully saturated rings. The smallest absolute Gasteiger partial charge is 0.106 e. The van der Waals surface area contributed by atoms with Gasteiger partial charge in [0.05, 0.1) is 6.61 Å². The maximum absolute atomic E-state index is 9.04. The molecule has 0 unspecified atom stereocenters. The average Bonchev–Trinajstić information content (AvgIpc) is 2.31. The molecule has 0 saturated carbocycles. The molecule has 2 aromatic rings. The van der Waals surface area contributed by atoms with E-state index in [0.29, 0.717) is 0 Å². The second kappa shape index (κ2) is 5.14. The quantitative estimate of drug-likeness (QED) is 0.744. The van der Waals surface area contributed by atoms with Gasteiger partial charge in [-0.05, 0) is 16.3 Å². The Kier molecular flexibility index (Phi) is 3.83. The van der Waals surface area contributed by atoms with E-state index >= 15 is 0 Å². The molecule has 0 radical (unpaired) electrons. The van der Waals surface area contributed by atoms with Crippen molar-refractivity contribution in [3.8, 4) is 0 Å². The van der Waals surface area contributed by atoms with E-state index in [4.69, 9.17) is 9.90 Å². The molecule has 2 aromatic carbocycles. The predicted octanol–water partition coefficient (Wildman–Crippen LogP) is 2.15. The van der Waals surface area contributed by atoms with Gasteiger partial charge in [0.15, 0.2) is 0 Å². The van der Waals surface area contributed by atoms with Crippen LogP contribution in [0.25, 0.3) is 10.8 Å². The van der Waals surface area contributed by atoms with Crippen LogP contribution in [0, 0.1) is 0 Å². The number of fused-ring (bicyclic) bond motifs is 1. The highest BCUT2D eigenvalue weighted by Crippen LogP contribution is 2.17. The first-order valence-electron chi connectivity index (χ1n) is 4.28. The third kappa shape index (κ3) is 1.98. The zero-order valence-corrected chi connectivity index (χ0v) is 7.81. The molecule has 0 aliphatic heterocycles. The summed E-state index contributed by atoms with van der Waals surface area (Å²) in [4.78, 5) is 8.00. The summed E-state index contributed by atoms with van der Waals surface area (Å²) < 4.78 is 0. The molecule has 0 saturated heterocycles. The first-order chi connectivity index (χ1) is 6.92. The summed E-state index contributed by atoms with van der Waals surface area (Å²) in [6.45, 7) is 2.11. The Morgan fingerprint density at radius 2 is 1.64 bits per heavy atom. The molecule has 2 nitrogen and oxygen atoms in total. The Hall–Kier alpha value is -1.67. The van der Waals surface area contributed by atoms with Crippen molar-refractivity contribution in [2.75, 3.05) is 0 Å². The molecule has 0 heterocycles. The normalized spacial score (nSPS) is 9.21. The monoisotopic (exact) mass is 188 g/mol. The van der Waals surface area contributed by atoms with E-state index in [1.165, 1.54) is 5.39 Å². The SMILES string of the molecule is C=O.OCc1cccc2ccccc12. The van der Waals surface area contributed by atoms with Crippen molar-refractivity contribution in [1.29, 1.82) is 0 Å². The molecule has 0 amide bonds. The van der Waals surface area contributed by atoms with Gasteiger partial charge in [-0.25, -0.2) is 0 Å². The van der Waals surface area contributed by atoms with Crippen LogP contribution in [0.5, 0.6) is 0 Å². The van der Waals surface area contributed by atoms with Gasteiger partial charge in [0.1, 0.15) is 6.79 Å². The van der Waals surface area contributed by atoms with Crippen LogP contribution in [-0.4, -0.2) is 11.9 Å². The molecule has 1 N–H and O–H groups in total. The summed E-state index contributed by atoms with van der Waals surface area (Å²) >= 11 is 0. The maximum Gasteiger partial charge on any atom is 0.106 e. The molecule has 2 heteroatoms. The lowest BCUT2D eigenvalue weighted by molar-refractivity contribution is -0.0979. The van der Waals surface area contributed by atoms with E-state index in [2.05, 4.69) is 12.1 Å². The fourth-order valence-corrected chi connectivity index (χ4v) is 1.43. The second-order valence-corrected chi connectivity index (χ2v) is 2.80. The lowest BCUT2D eigenvalue weighted by atomic mass is 10.1. The fourth-order valence-electron chi connectivity index (χ4n) is 1.43. The van der Waals surface area contributed by atoms with Gasteiger partial charge in [-0.1, -0.05) is 42.5 Å². The van der Waals surface area contributed by atoms with Crippen LogP contribution in [0.4, 0.5) is 0 Å². The van der Waals surface area contributed by atoms with Crippen LogP contribution in [-0.2, 0) is 11.4 Å². The van der Waals surface area contributed by atoms with E-state index in [0.717, 1.165) is 10.9 Å². The van der Waals surface area contributed by atoms with E-state index < -0.39 is 0 Å². The second-order valence-electron chi connectivity index (χ2n) is 2.80. The highest BCUT2D eigenvalue weighted by Gasteiger charge is 1.96. The number of carbonyl (C=O) groups excluding carboxylic acids is 1. The van der Waals surface area contributed by atoms with Crippen molar-refractivity contribution >= 4 is 17.6 Å². The Bertz CT molecular complexity index is 404. The van der Waals surface area contributed by atoms with Crippen LogP contribution in [0.15, 0.2) is 42.5 Å². The highest BCUT2D eigenvalue weighted by molar-refractivity contribution is 5.85. The molecule has 0 aliphatic carbocycles. The third-order valence-corrected chi connectivity index (χ3v) is 2.05. The summed E-state index contributed by atoms with van der Waals surface area (Å²) in [5.41, 5.74) is 0.994. The molecular weight excluding hydrogens is 176 g/mol. The van der Waals surface area contributed by atoms with Crippen molar-refractivity contribution in [2.45, 2.75) is 6.61 Å². The van der Waals surface area contributed by atoms with Crippen LogP contribution in [0.2, 0.25) is 0 Å². The van der Waals surface area contributed by atoms with Gasteiger partial charge in [-0.3, -0.25) is 0 Å². The van der Waals surface area contributed by atoms with E-state index in [1.807, 2.05) is 37.1 Å². The number of aliphatic hydroxyl groups excluding tert-OH is 1. The zero-order valence-electron chi connectivity index (χ0n) is 7.81. The molecule has 2 rings (SSSR count). The summed E-state index contributed by atoms with van der Waals surface area (Å²) in [6.07, 6.45) is 0. The van der Waals surface area contributed by atoms with Gasteiger partial charge >= 0.3 is 0 Å². The molecule has 72 valence electrons. The first kappa shape index (κ1) is 10.4. The Morgan fingerprint density at radius 3 is 2.36 bits per heavy atom. The van der Waals surface area contributed by atoms with Gasteiger partial charge in [0.25, 0.3) is 0 Å². The number of rotatable bonds is 1. The van der Waals surface area contributed by atoms with Gasteiger partial charge in [-0.15, -0.1) is 0 Å². The minimum absolute atomic E-state index is 0.112. The summed E-state index contributed by atoms with van der Waals surface area (Å²) in [5.74, 6) is 0. The molecule has 0 aliphatic rings. The summed E-state index contributed by atoms with van der Waals surface area (Å²) in [6, 6.07) is 14.0. The number of benzene rings is 2. The Labute approximate surface area is 82.8 Å². The van der Waals surface area contributed by atoms with Crippen molar-refractivity contribution < 1.29 is 9.90 Å². The van der Waals surface area contributed by atoms with Gasteiger partial charge in [0, 0.05) is 0 Å². The number of aliphatic hydroxyl groups is 1. The van der Waals surface area contributed by atoms with Crippen molar-refractivity contribution in [3.05, 3.63) is 48.0 Å². The third-order valence-electron chi connectivity index (χ3n) is 2.05. The number of hydrogen-bond donors (Lipinski definition) is 1. The minimum Gasteiger partial charge on any atom is -0.392 e. The molecular formula is C12H12O2. The Morgan fingerprint density at radius 1 is 1.00 bits per heavy atom. The number of hydrogen-bond acceptors (Lipinski definition) is 2. The largest absolute Gasteiger partial charge is 0.392 e. The van der Waals surface area contributed by atoms with Gasteiger partial charge in [-0.2, -0.15) is 0 Å². The first-order valence-corrected chi connectivity index (χ1v) is 4.28. The highest BCUT2D eigenvalue weighted by atomic mass is 16.3. The van der Waals surface area contributed by atoms with Gasteiger partial charge in [0.2, 0.25) is 0 Å². The van der Waals surface area contributed by atoms with Crippen molar-refractivity contribution in [1.82, 2.24) is 0 Å². The fraction of sp³-hybridized carbons (Fsp3) is 0.0833. The minimum atomic E-state index is 0.112. The average molecular weight is 188 g/mol. The lowest BCUT2D eigenvalue weighted by Gasteiger charge is -2.01. The predicted molar refractivity (Wildman–Crippen MR) is 57.0 cm³/mol. The molecule has 0 atom stereocenters. The van der Waals surface area contributed by atoms with Crippen LogP contribution in [0.1, 0.15) is 5.56 Å². The van der Waals surface area contributed by atoms with Crippen LogP contribution in [0.3, 0.4) is 0 Å². The Balaban J connectivity index is 0.000000461. The van der Waals surface area contributed by atoms with Crippen LogP contribution >= 0.6 is 0 Å². The summed E-state index contributed by atoms with van der Waals surface area (Å²) in [5, 5.41) is 11.4. The van der Waals surface area contributed by atoms with Crippen molar-refractivity contribution in [3.63, 3.8) is 0 Å². The lowest BCUT2D eigenvalue weighted by Crippen LogP contribution is -1.84. The van der Waals surface area contributed by atoms with Crippen molar-refractivity contribution in [2.24, 2.45) is 0 Å². The standard InChI is InChI=1S/C11H10O.CH2O/c12-8-10-6-3-5-9-4-1-2-7-11(9)10;1-2/h1-7,12H,8H2;1H2. The van der Waals surface area contributed by atoms with Crippen LogP contribution < -0.4 is 0 Å². The molecule has 14 heavy (non-hydrogen) atoms. The zero-order chi connectivity index (χ0) is 10.4. The molecule has 0 spiro atoms. The molecule has 0 bridgehead atoms. The van der Waals surface area contributed by atoms with Gasteiger partial charge < -0.3 is 9.90 Å². The topological polar surface area (TPSA) is 37.3 Å².